The molecular weight excluding hydrogens is 280 g/mol. The molecule has 1 aliphatic rings. The van der Waals surface area contributed by atoms with E-state index in [1.54, 1.807) is 0 Å². The van der Waals surface area contributed by atoms with Gasteiger partial charge in [0, 0.05) is 0 Å². The standard InChI is InChI=1S/C14H26O7/c1-2-3-4-5-6-7-8-20-14(19)12-10(16)9(15)11(17)13(18)21-12/h9-13,15-18H,2-8H2,1H3/t9-,10-,11+,12-,13?/m0/s1. The largest absolute Gasteiger partial charge is 0.464 e. The number of rotatable bonds is 8. The first kappa shape index (κ1) is 18.3. The third-order valence-electron chi connectivity index (χ3n) is 3.56. The molecule has 4 N–H and O–H groups in total. The first-order valence-corrected chi connectivity index (χ1v) is 7.53. The Bertz CT molecular complexity index is 310. The molecule has 1 heterocycles. The summed E-state index contributed by atoms with van der Waals surface area (Å²) in [4.78, 5) is 11.7. The predicted octanol–water partition coefficient (Wildman–Crippen LogP) is -0.310. The van der Waals surface area contributed by atoms with Crippen molar-refractivity contribution in [2.45, 2.75) is 76.2 Å². The van der Waals surface area contributed by atoms with Crippen molar-refractivity contribution in [1.29, 1.82) is 0 Å². The topological polar surface area (TPSA) is 116 Å². The summed E-state index contributed by atoms with van der Waals surface area (Å²) in [5.74, 6) is -0.846. The van der Waals surface area contributed by atoms with Gasteiger partial charge in [0.2, 0.25) is 0 Å². The van der Waals surface area contributed by atoms with E-state index >= 15 is 0 Å². The lowest BCUT2D eigenvalue weighted by atomic mass is 9.99. The Labute approximate surface area is 124 Å². The molecule has 0 aromatic rings. The fourth-order valence-electron chi connectivity index (χ4n) is 2.19. The molecule has 7 heteroatoms. The SMILES string of the molecule is CCCCCCCCOC(=O)[C@H]1OC(O)[C@H](O)[C@@H](O)[C@@H]1O. The van der Waals surface area contributed by atoms with Crippen LogP contribution in [-0.4, -0.2) is 63.7 Å². The Morgan fingerprint density at radius 1 is 0.952 bits per heavy atom. The van der Waals surface area contributed by atoms with Crippen LogP contribution in [0.15, 0.2) is 0 Å². The summed E-state index contributed by atoms with van der Waals surface area (Å²) in [5, 5.41) is 37.8. The molecule has 21 heavy (non-hydrogen) atoms. The summed E-state index contributed by atoms with van der Waals surface area (Å²) in [6.45, 7) is 2.34. The van der Waals surface area contributed by atoms with Crippen molar-refractivity contribution in [2.75, 3.05) is 6.61 Å². The van der Waals surface area contributed by atoms with E-state index < -0.39 is 36.7 Å². The molecule has 0 spiro atoms. The van der Waals surface area contributed by atoms with E-state index in [0.717, 1.165) is 19.3 Å². The number of aliphatic hydroxyl groups excluding tert-OH is 4. The van der Waals surface area contributed by atoms with Gasteiger partial charge in [-0.3, -0.25) is 0 Å². The highest BCUT2D eigenvalue weighted by Gasteiger charge is 2.46. The smallest absolute Gasteiger partial charge is 0.338 e. The number of ether oxygens (including phenoxy) is 2. The molecule has 0 amide bonds. The summed E-state index contributed by atoms with van der Waals surface area (Å²) >= 11 is 0. The molecule has 5 atom stereocenters. The van der Waals surface area contributed by atoms with E-state index in [1.165, 1.54) is 12.8 Å². The lowest BCUT2D eigenvalue weighted by molar-refractivity contribution is -0.281. The minimum absolute atomic E-state index is 0.201. The van der Waals surface area contributed by atoms with Crippen LogP contribution in [0.2, 0.25) is 0 Å². The Kier molecular flexibility index (Phi) is 8.13. The predicted molar refractivity (Wildman–Crippen MR) is 73.2 cm³/mol. The molecule has 0 bridgehead atoms. The van der Waals surface area contributed by atoms with Crippen molar-refractivity contribution in [1.82, 2.24) is 0 Å². The van der Waals surface area contributed by atoms with Gasteiger partial charge in [-0.25, -0.2) is 4.79 Å². The molecule has 0 saturated carbocycles. The van der Waals surface area contributed by atoms with Crippen LogP contribution in [-0.2, 0) is 14.3 Å². The Hall–Kier alpha value is -0.730. The van der Waals surface area contributed by atoms with Crippen molar-refractivity contribution in [3.63, 3.8) is 0 Å². The van der Waals surface area contributed by atoms with Crippen LogP contribution in [0.1, 0.15) is 45.4 Å². The van der Waals surface area contributed by atoms with Gasteiger partial charge in [0.05, 0.1) is 6.61 Å². The summed E-state index contributed by atoms with van der Waals surface area (Å²) < 4.78 is 9.74. The molecule has 1 unspecified atom stereocenters. The molecule has 1 saturated heterocycles. The molecule has 124 valence electrons. The van der Waals surface area contributed by atoms with Gasteiger partial charge < -0.3 is 29.9 Å². The van der Waals surface area contributed by atoms with Crippen LogP contribution in [0.3, 0.4) is 0 Å². The van der Waals surface area contributed by atoms with Crippen molar-refractivity contribution in [2.24, 2.45) is 0 Å². The van der Waals surface area contributed by atoms with Crippen molar-refractivity contribution in [3.8, 4) is 0 Å². The van der Waals surface area contributed by atoms with Crippen molar-refractivity contribution in [3.05, 3.63) is 0 Å². The quantitative estimate of drug-likeness (QED) is 0.359. The monoisotopic (exact) mass is 306 g/mol. The lowest BCUT2D eigenvalue weighted by Gasteiger charge is -2.36. The van der Waals surface area contributed by atoms with Gasteiger partial charge >= 0.3 is 5.97 Å². The van der Waals surface area contributed by atoms with Crippen LogP contribution < -0.4 is 0 Å². The zero-order valence-corrected chi connectivity index (χ0v) is 12.4. The number of hydrogen-bond acceptors (Lipinski definition) is 7. The Morgan fingerprint density at radius 3 is 2.24 bits per heavy atom. The lowest BCUT2D eigenvalue weighted by Crippen LogP contribution is -2.59. The number of aliphatic hydroxyl groups is 4. The van der Waals surface area contributed by atoms with Gasteiger partial charge in [-0.1, -0.05) is 39.0 Å². The first-order chi connectivity index (χ1) is 9.99. The van der Waals surface area contributed by atoms with Gasteiger partial charge in [-0.05, 0) is 6.42 Å². The van der Waals surface area contributed by atoms with Gasteiger partial charge in [0.15, 0.2) is 12.4 Å². The fourth-order valence-corrected chi connectivity index (χ4v) is 2.19. The zero-order valence-electron chi connectivity index (χ0n) is 12.4. The molecule has 7 nitrogen and oxygen atoms in total. The summed E-state index contributed by atoms with van der Waals surface area (Å²) in [6, 6.07) is 0. The van der Waals surface area contributed by atoms with E-state index in [0.29, 0.717) is 6.42 Å². The normalized spacial score (nSPS) is 32.9. The number of carbonyl (C=O) groups is 1. The van der Waals surface area contributed by atoms with E-state index in [1.807, 2.05) is 0 Å². The third kappa shape index (κ3) is 5.52. The summed E-state index contributed by atoms with van der Waals surface area (Å²) in [6.07, 6.45) is -1.88. The highest BCUT2D eigenvalue weighted by atomic mass is 16.7. The minimum Gasteiger partial charge on any atom is -0.464 e. The van der Waals surface area contributed by atoms with Gasteiger partial charge in [-0.15, -0.1) is 0 Å². The molecule has 0 aliphatic carbocycles. The molecule has 1 rings (SSSR count). The Morgan fingerprint density at radius 2 is 1.57 bits per heavy atom. The first-order valence-electron chi connectivity index (χ1n) is 7.53. The van der Waals surface area contributed by atoms with Crippen molar-refractivity contribution >= 4 is 5.97 Å². The number of hydrogen-bond donors (Lipinski definition) is 4. The van der Waals surface area contributed by atoms with Crippen LogP contribution >= 0.6 is 0 Å². The van der Waals surface area contributed by atoms with Crippen LogP contribution in [0.4, 0.5) is 0 Å². The van der Waals surface area contributed by atoms with Gasteiger partial charge in [0.25, 0.3) is 0 Å². The summed E-state index contributed by atoms with van der Waals surface area (Å²) in [5.41, 5.74) is 0. The number of unbranched alkanes of at least 4 members (excludes halogenated alkanes) is 5. The van der Waals surface area contributed by atoms with Gasteiger partial charge in [0.1, 0.15) is 18.3 Å². The molecule has 0 aromatic heterocycles. The second-order valence-electron chi connectivity index (χ2n) is 5.35. The minimum atomic E-state index is -1.73. The van der Waals surface area contributed by atoms with E-state index in [9.17, 15) is 25.2 Å². The van der Waals surface area contributed by atoms with E-state index in [2.05, 4.69) is 6.92 Å². The van der Waals surface area contributed by atoms with Gasteiger partial charge in [-0.2, -0.15) is 0 Å². The average molecular weight is 306 g/mol. The average Bonchev–Trinajstić information content (AvgIpc) is 2.47. The van der Waals surface area contributed by atoms with E-state index in [4.69, 9.17) is 9.47 Å². The maximum atomic E-state index is 11.7. The third-order valence-corrected chi connectivity index (χ3v) is 3.56. The second-order valence-corrected chi connectivity index (χ2v) is 5.35. The molecular formula is C14H26O7. The number of esters is 1. The second kappa shape index (κ2) is 9.32. The maximum absolute atomic E-state index is 11.7. The highest BCUT2D eigenvalue weighted by Crippen LogP contribution is 2.20. The maximum Gasteiger partial charge on any atom is 0.338 e. The van der Waals surface area contributed by atoms with E-state index in [-0.39, 0.29) is 6.61 Å². The summed E-state index contributed by atoms with van der Waals surface area (Å²) in [7, 11) is 0. The van der Waals surface area contributed by atoms with Crippen LogP contribution in [0.25, 0.3) is 0 Å². The molecule has 0 radical (unpaired) electrons. The van der Waals surface area contributed by atoms with Crippen LogP contribution in [0.5, 0.6) is 0 Å². The molecule has 1 fully saturated rings. The Balaban J connectivity index is 2.25. The number of carbonyl (C=O) groups excluding carboxylic acids is 1. The van der Waals surface area contributed by atoms with Crippen LogP contribution in [0, 0.1) is 0 Å². The van der Waals surface area contributed by atoms with Crippen molar-refractivity contribution < 1.29 is 34.7 Å². The fraction of sp³-hybridized carbons (Fsp3) is 0.929. The molecule has 0 aromatic carbocycles. The zero-order chi connectivity index (χ0) is 15.8. The highest BCUT2D eigenvalue weighted by molar-refractivity contribution is 5.75. The molecule has 1 aliphatic heterocycles.